The quantitative estimate of drug-likeness (QED) is 0.797. The fourth-order valence-electron chi connectivity index (χ4n) is 3.51. The zero-order valence-corrected chi connectivity index (χ0v) is 16.4. The number of ether oxygens (including phenoxy) is 3. The molecule has 2 aliphatic rings. The van der Waals surface area contributed by atoms with E-state index in [0.717, 1.165) is 18.7 Å². The van der Waals surface area contributed by atoms with Gasteiger partial charge in [-0.1, -0.05) is 12.1 Å². The fraction of sp³-hybridized carbons (Fsp3) is 0.667. The maximum atomic E-state index is 12.5. The Bertz CT molecular complexity index is 691. The van der Waals surface area contributed by atoms with Gasteiger partial charge in [-0.25, -0.2) is 13.1 Å². The number of hydrogen-bond acceptors (Lipinski definition) is 6. The van der Waals surface area contributed by atoms with Crippen LogP contribution in [-0.4, -0.2) is 64.9 Å². The van der Waals surface area contributed by atoms with Gasteiger partial charge in [0.05, 0.1) is 30.3 Å². The summed E-state index contributed by atoms with van der Waals surface area (Å²) in [7, 11) is -3.54. The van der Waals surface area contributed by atoms with Gasteiger partial charge in [0.1, 0.15) is 0 Å². The number of morpholine rings is 1. The van der Waals surface area contributed by atoms with E-state index in [-0.39, 0.29) is 17.1 Å². The average Bonchev–Trinajstić information content (AvgIpc) is 3.02. The van der Waals surface area contributed by atoms with Gasteiger partial charge in [-0.15, -0.1) is 0 Å². The molecule has 0 aliphatic carbocycles. The smallest absolute Gasteiger partial charge is 0.240 e. The van der Waals surface area contributed by atoms with E-state index in [0.29, 0.717) is 26.3 Å². The maximum Gasteiger partial charge on any atom is 0.240 e. The predicted octanol–water partition coefficient (Wildman–Crippen LogP) is 1.29. The highest BCUT2D eigenvalue weighted by Crippen LogP contribution is 2.31. The molecule has 146 valence electrons. The minimum Gasteiger partial charge on any atom is -0.373 e. The minimum atomic E-state index is -3.54. The van der Waals surface area contributed by atoms with Crippen LogP contribution in [0.2, 0.25) is 0 Å². The summed E-state index contributed by atoms with van der Waals surface area (Å²) < 4.78 is 44.6. The van der Waals surface area contributed by atoms with E-state index in [1.165, 1.54) is 0 Å². The standard InChI is InChI=1S/C18H28N2O5S/c1-14-12-20(13-15(2)25-14)9-8-19-26(21,22)17-6-4-16(5-7-17)18(3)23-10-11-24-18/h4-7,14-15,19H,8-13H2,1-3H3/t14-,15-/m0/s1. The van der Waals surface area contributed by atoms with Crippen LogP contribution in [0.15, 0.2) is 29.2 Å². The molecule has 2 saturated heterocycles. The number of nitrogens with one attached hydrogen (secondary N) is 1. The summed E-state index contributed by atoms with van der Waals surface area (Å²) >= 11 is 0. The lowest BCUT2D eigenvalue weighted by Gasteiger charge is -2.35. The van der Waals surface area contributed by atoms with Crippen LogP contribution < -0.4 is 4.72 Å². The molecule has 1 aromatic carbocycles. The Labute approximate surface area is 155 Å². The van der Waals surface area contributed by atoms with Gasteiger partial charge in [-0.3, -0.25) is 4.90 Å². The van der Waals surface area contributed by atoms with E-state index in [1.54, 1.807) is 24.3 Å². The Kier molecular flexibility index (Phi) is 6.01. The molecule has 0 spiro atoms. The number of benzene rings is 1. The average molecular weight is 384 g/mol. The van der Waals surface area contributed by atoms with Crippen LogP contribution in [-0.2, 0) is 30.0 Å². The van der Waals surface area contributed by atoms with Gasteiger partial charge in [0.2, 0.25) is 10.0 Å². The highest BCUT2D eigenvalue weighted by atomic mass is 32.2. The largest absolute Gasteiger partial charge is 0.373 e. The van der Waals surface area contributed by atoms with E-state index < -0.39 is 15.8 Å². The molecule has 2 heterocycles. The second-order valence-electron chi connectivity index (χ2n) is 7.08. The van der Waals surface area contributed by atoms with Crippen molar-refractivity contribution in [1.82, 2.24) is 9.62 Å². The lowest BCUT2D eigenvalue weighted by molar-refractivity contribution is -0.149. The Morgan fingerprint density at radius 2 is 1.69 bits per heavy atom. The summed E-state index contributed by atoms with van der Waals surface area (Å²) in [5.41, 5.74) is 0.810. The van der Waals surface area contributed by atoms with Gasteiger partial charge < -0.3 is 14.2 Å². The van der Waals surface area contributed by atoms with Gasteiger partial charge in [0.15, 0.2) is 5.79 Å². The van der Waals surface area contributed by atoms with Crippen molar-refractivity contribution < 1.29 is 22.6 Å². The van der Waals surface area contributed by atoms with Crippen molar-refractivity contribution in [3.63, 3.8) is 0 Å². The zero-order valence-electron chi connectivity index (χ0n) is 15.6. The van der Waals surface area contributed by atoms with Crippen molar-refractivity contribution >= 4 is 10.0 Å². The van der Waals surface area contributed by atoms with Crippen LogP contribution in [0, 0.1) is 0 Å². The van der Waals surface area contributed by atoms with E-state index in [9.17, 15) is 8.42 Å². The Morgan fingerprint density at radius 3 is 2.27 bits per heavy atom. The van der Waals surface area contributed by atoms with Crippen LogP contribution in [0.25, 0.3) is 0 Å². The first-order valence-corrected chi connectivity index (χ1v) is 10.5. The van der Waals surface area contributed by atoms with E-state index >= 15 is 0 Å². The summed E-state index contributed by atoms with van der Waals surface area (Å²) in [5, 5.41) is 0. The maximum absolute atomic E-state index is 12.5. The lowest BCUT2D eigenvalue weighted by Crippen LogP contribution is -2.47. The molecule has 8 heteroatoms. The van der Waals surface area contributed by atoms with Crippen molar-refractivity contribution in [2.75, 3.05) is 39.4 Å². The molecular formula is C18H28N2O5S. The lowest BCUT2D eigenvalue weighted by atomic mass is 10.1. The van der Waals surface area contributed by atoms with Gasteiger partial charge in [0, 0.05) is 31.7 Å². The molecule has 0 amide bonds. The fourth-order valence-corrected chi connectivity index (χ4v) is 4.53. The zero-order chi connectivity index (χ0) is 18.8. The van der Waals surface area contributed by atoms with Gasteiger partial charge in [-0.2, -0.15) is 0 Å². The molecule has 0 radical (unpaired) electrons. The summed E-state index contributed by atoms with van der Waals surface area (Å²) in [6.45, 7) is 9.65. The molecule has 3 rings (SSSR count). The molecule has 1 N–H and O–H groups in total. The third kappa shape index (κ3) is 4.62. The molecule has 1 aromatic rings. The Morgan fingerprint density at radius 1 is 1.12 bits per heavy atom. The molecule has 0 saturated carbocycles. The number of sulfonamides is 1. The molecule has 0 aromatic heterocycles. The third-order valence-corrected chi connectivity index (χ3v) is 6.22. The molecule has 2 fully saturated rings. The van der Waals surface area contributed by atoms with E-state index in [2.05, 4.69) is 9.62 Å². The summed E-state index contributed by atoms with van der Waals surface area (Å²) in [6, 6.07) is 6.66. The summed E-state index contributed by atoms with van der Waals surface area (Å²) in [6.07, 6.45) is 0.341. The van der Waals surface area contributed by atoms with Gasteiger partial charge in [0.25, 0.3) is 0 Å². The Balaban J connectivity index is 1.56. The SMILES string of the molecule is C[C@H]1CN(CCNS(=O)(=O)c2ccc(C3(C)OCCO3)cc2)C[C@H](C)O1. The number of hydrogen-bond donors (Lipinski definition) is 1. The normalized spacial score (nSPS) is 26.9. The van der Waals surface area contributed by atoms with Crippen molar-refractivity contribution in [2.45, 2.75) is 43.7 Å². The molecule has 0 unspecified atom stereocenters. The topological polar surface area (TPSA) is 77.1 Å². The molecule has 7 nitrogen and oxygen atoms in total. The van der Waals surface area contributed by atoms with Crippen LogP contribution in [0.1, 0.15) is 26.3 Å². The second kappa shape index (κ2) is 7.92. The first-order chi connectivity index (χ1) is 12.3. The van der Waals surface area contributed by atoms with E-state index in [4.69, 9.17) is 14.2 Å². The molecule has 0 bridgehead atoms. The highest BCUT2D eigenvalue weighted by molar-refractivity contribution is 7.89. The number of nitrogens with zero attached hydrogens (tertiary/aromatic N) is 1. The summed E-state index contributed by atoms with van der Waals surface area (Å²) in [4.78, 5) is 2.46. The van der Waals surface area contributed by atoms with Crippen LogP contribution in [0.5, 0.6) is 0 Å². The minimum absolute atomic E-state index is 0.171. The Hall–Kier alpha value is -1.03. The predicted molar refractivity (Wildman–Crippen MR) is 97.3 cm³/mol. The van der Waals surface area contributed by atoms with Crippen molar-refractivity contribution in [3.8, 4) is 0 Å². The van der Waals surface area contributed by atoms with Gasteiger partial charge >= 0.3 is 0 Å². The molecular weight excluding hydrogens is 356 g/mol. The van der Waals surface area contributed by atoms with Crippen molar-refractivity contribution in [1.29, 1.82) is 0 Å². The first-order valence-electron chi connectivity index (χ1n) is 9.04. The second-order valence-corrected chi connectivity index (χ2v) is 8.85. The van der Waals surface area contributed by atoms with Crippen molar-refractivity contribution in [2.24, 2.45) is 0 Å². The molecule has 26 heavy (non-hydrogen) atoms. The van der Waals surface area contributed by atoms with E-state index in [1.807, 2.05) is 20.8 Å². The third-order valence-electron chi connectivity index (χ3n) is 4.74. The monoisotopic (exact) mass is 384 g/mol. The van der Waals surface area contributed by atoms with Crippen LogP contribution in [0.4, 0.5) is 0 Å². The highest BCUT2D eigenvalue weighted by Gasteiger charge is 2.33. The molecule has 2 atom stereocenters. The first kappa shape index (κ1) is 19.7. The summed E-state index contributed by atoms with van der Waals surface area (Å²) in [5.74, 6) is -0.792. The van der Waals surface area contributed by atoms with Gasteiger partial charge in [-0.05, 0) is 32.9 Å². The van der Waals surface area contributed by atoms with Crippen LogP contribution >= 0.6 is 0 Å². The van der Waals surface area contributed by atoms with Crippen molar-refractivity contribution in [3.05, 3.63) is 29.8 Å². The number of rotatable bonds is 6. The van der Waals surface area contributed by atoms with Crippen LogP contribution in [0.3, 0.4) is 0 Å². The molecule has 2 aliphatic heterocycles.